The van der Waals surface area contributed by atoms with Crippen LogP contribution in [0.1, 0.15) is 68.1 Å². The van der Waals surface area contributed by atoms with Gasteiger partial charge in [0.25, 0.3) is 0 Å². The number of carbonyl (C=O) groups excluding carboxylic acids is 1. The summed E-state index contributed by atoms with van der Waals surface area (Å²) in [5, 5.41) is 0.790. The van der Waals surface area contributed by atoms with Crippen LogP contribution >= 0.6 is 0 Å². The zero-order chi connectivity index (χ0) is 24.1. The highest BCUT2D eigenvalue weighted by molar-refractivity contribution is 6.17. The fraction of sp³-hybridized carbons (Fsp3) is 0.483. The van der Waals surface area contributed by atoms with Crippen molar-refractivity contribution in [3.05, 3.63) is 59.4 Å². The Morgan fingerprint density at radius 2 is 1.82 bits per heavy atom. The molecule has 1 fully saturated rings. The zero-order valence-corrected chi connectivity index (χ0v) is 20.8. The molecule has 2 N–H and O–H groups in total. The first-order valence-corrected chi connectivity index (χ1v) is 12.8. The number of aryl methyl sites for hydroxylation is 1. The Hall–Kier alpha value is -2.79. The van der Waals surface area contributed by atoms with E-state index in [-0.39, 0.29) is 5.78 Å². The van der Waals surface area contributed by atoms with E-state index in [1.165, 1.54) is 19.5 Å². The average molecular weight is 463 g/mol. The summed E-state index contributed by atoms with van der Waals surface area (Å²) in [7, 11) is 0. The van der Waals surface area contributed by atoms with Crippen molar-refractivity contribution in [1.82, 2.24) is 4.90 Å². The molecule has 4 rings (SSSR count). The van der Waals surface area contributed by atoms with Crippen LogP contribution in [0, 0.1) is 11.8 Å². The Kier molecular flexibility index (Phi) is 7.94. The molecular formula is C29H38N2O3. The van der Waals surface area contributed by atoms with Crippen LogP contribution < -0.4 is 10.5 Å². The highest BCUT2D eigenvalue weighted by atomic mass is 16.5. The minimum atomic E-state index is -0.0321. The third kappa shape index (κ3) is 5.82. The number of ketones is 1. The van der Waals surface area contributed by atoms with E-state index in [1.807, 2.05) is 42.5 Å². The summed E-state index contributed by atoms with van der Waals surface area (Å²) in [5.41, 5.74) is 8.61. The SMILES string of the molecule is CCCCc1oc2ccc(N)cc2c1C(=O)c1ccc(OCCCN2CC(C)CC(C)C2)cc1. The van der Waals surface area contributed by atoms with Gasteiger partial charge in [0.1, 0.15) is 17.1 Å². The lowest BCUT2D eigenvalue weighted by atomic mass is 9.92. The van der Waals surface area contributed by atoms with E-state index < -0.39 is 0 Å². The summed E-state index contributed by atoms with van der Waals surface area (Å²) in [4.78, 5) is 16.0. The average Bonchev–Trinajstić information content (AvgIpc) is 3.17. The van der Waals surface area contributed by atoms with Crippen molar-refractivity contribution >= 4 is 22.4 Å². The Labute approximate surface area is 203 Å². The molecule has 1 aromatic heterocycles. The summed E-state index contributed by atoms with van der Waals surface area (Å²) in [6.07, 6.45) is 5.08. The number of hydrogen-bond acceptors (Lipinski definition) is 5. The van der Waals surface area contributed by atoms with Gasteiger partial charge < -0.3 is 19.8 Å². The van der Waals surface area contributed by atoms with E-state index in [4.69, 9.17) is 14.9 Å². The molecule has 2 atom stereocenters. The first-order chi connectivity index (χ1) is 16.4. The summed E-state index contributed by atoms with van der Waals surface area (Å²) >= 11 is 0. The molecule has 0 amide bonds. The number of ether oxygens (including phenoxy) is 1. The maximum Gasteiger partial charge on any atom is 0.197 e. The van der Waals surface area contributed by atoms with Gasteiger partial charge in [0.15, 0.2) is 5.78 Å². The molecule has 2 unspecified atom stereocenters. The molecule has 2 aromatic carbocycles. The fourth-order valence-corrected chi connectivity index (χ4v) is 5.23. The van der Waals surface area contributed by atoms with Gasteiger partial charge in [-0.25, -0.2) is 0 Å². The predicted octanol–water partition coefficient (Wildman–Crippen LogP) is 6.34. The molecule has 5 heteroatoms. The Morgan fingerprint density at radius 3 is 2.53 bits per heavy atom. The lowest BCUT2D eigenvalue weighted by Crippen LogP contribution is -2.39. The summed E-state index contributed by atoms with van der Waals surface area (Å²) < 4.78 is 12.0. The van der Waals surface area contributed by atoms with Crippen molar-refractivity contribution in [3.63, 3.8) is 0 Å². The predicted molar refractivity (Wildman–Crippen MR) is 139 cm³/mol. The quantitative estimate of drug-likeness (QED) is 0.216. The van der Waals surface area contributed by atoms with Crippen molar-refractivity contribution < 1.29 is 13.9 Å². The van der Waals surface area contributed by atoms with Crippen LogP contribution in [0.15, 0.2) is 46.9 Å². The van der Waals surface area contributed by atoms with E-state index >= 15 is 0 Å². The number of nitrogens with two attached hydrogens (primary N) is 1. The van der Waals surface area contributed by atoms with Crippen LogP contribution in [0.5, 0.6) is 5.75 Å². The number of nitrogens with zero attached hydrogens (tertiary/aromatic N) is 1. The third-order valence-electron chi connectivity index (χ3n) is 6.72. The standard InChI is InChI=1S/C29H38N2O3/c1-4-5-7-27-28(25-17-23(30)10-13-26(25)34-27)29(32)22-8-11-24(12-9-22)33-15-6-14-31-18-20(2)16-21(3)19-31/h8-13,17,20-21H,4-7,14-16,18-19,30H2,1-3H3. The first-order valence-electron chi connectivity index (χ1n) is 12.8. The van der Waals surface area contributed by atoms with Gasteiger partial charge in [-0.2, -0.15) is 0 Å². The maximum atomic E-state index is 13.5. The van der Waals surface area contributed by atoms with Gasteiger partial charge in [-0.3, -0.25) is 4.79 Å². The summed E-state index contributed by atoms with van der Waals surface area (Å²) in [6.45, 7) is 11.0. The molecule has 1 aliphatic heterocycles. The zero-order valence-electron chi connectivity index (χ0n) is 20.8. The lowest BCUT2D eigenvalue weighted by molar-refractivity contribution is 0.103. The minimum absolute atomic E-state index is 0.0321. The number of fused-ring (bicyclic) bond motifs is 1. The van der Waals surface area contributed by atoms with Crippen LogP contribution in [0.2, 0.25) is 0 Å². The largest absolute Gasteiger partial charge is 0.494 e. The second-order valence-corrected chi connectivity index (χ2v) is 10.0. The normalized spacial score (nSPS) is 18.9. The maximum absolute atomic E-state index is 13.5. The van der Waals surface area contributed by atoms with Crippen molar-refractivity contribution in [2.45, 2.75) is 52.9 Å². The molecule has 0 radical (unpaired) electrons. The number of piperidine rings is 1. The number of unbranched alkanes of at least 4 members (excludes halogenated alkanes) is 1. The topological polar surface area (TPSA) is 68.7 Å². The lowest BCUT2D eigenvalue weighted by Gasteiger charge is -2.34. The van der Waals surface area contributed by atoms with E-state index in [9.17, 15) is 4.79 Å². The van der Waals surface area contributed by atoms with Gasteiger partial charge in [-0.15, -0.1) is 0 Å². The highest BCUT2D eigenvalue weighted by Gasteiger charge is 2.23. The van der Waals surface area contributed by atoms with Gasteiger partial charge in [-0.1, -0.05) is 27.2 Å². The number of nitrogen functional groups attached to an aromatic ring is 1. The second kappa shape index (κ2) is 11.1. The molecule has 0 saturated carbocycles. The van der Waals surface area contributed by atoms with Gasteiger partial charge in [-0.05, 0) is 73.6 Å². The van der Waals surface area contributed by atoms with Crippen molar-refractivity contribution in [2.75, 3.05) is 32.0 Å². The van der Waals surface area contributed by atoms with Gasteiger partial charge >= 0.3 is 0 Å². The number of hydrogen-bond donors (Lipinski definition) is 1. The molecule has 2 heterocycles. The molecule has 0 spiro atoms. The highest BCUT2D eigenvalue weighted by Crippen LogP contribution is 2.31. The molecule has 34 heavy (non-hydrogen) atoms. The van der Waals surface area contributed by atoms with Crippen LogP contribution in [-0.2, 0) is 6.42 Å². The van der Waals surface area contributed by atoms with Crippen molar-refractivity contribution in [3.8, 4) is 5.75 Å². The Balaban J connectivity index is 1.39. The van der Waals surface area contributed by atoms with Crippen LogP contribution in [0.25, 0.3) is 11.0 Å². The molecule has 1 saturated heterocycles. The second-order valence-electron chi connectivity index (χ2n) is 10.0. The molecule has 0 bridgehead atoms. The molecule has 3 aromatic rings. The monoisotopic (exact) mass is 462 g/mol. The van der Waals surface area contributed by atoms with E-state index in [0.717, 1.165) is 61.0 Å². The number of benzene rings is 2. The molecule has 182 valence electrons. The van der Waals surface area contributed by atoms with Crippen LogP contribution in [0.3, 0.4) is 0 Å². The van der Waals surface area contributed by atoms with Crippen molar-refractivity contribution in [1.29, 1.82) is 0 Å². The Bertz CT molecular complexity index is 1090. The van der Waals surface area contributed by atoms with Gasteiger partial charge in [0.05, 0.1) is 12.2 Å². The summed E-state index contributed by atoms with van der Waals surface area (Å²) in [6, 6.07) is 13.0. The first kappa shape index (κ1) is 24.3. The van der Waals surface area contributed by atoms with Crippen LogP contribution in [0.4, 0.5) is 5.69 Å². The fourth-order valence-electron chi connectivity index (χ4n) is 5.23. The van der Waals surface area contributed by atoms with Gasteiger partial charge in [0.2, 0.25) is 0 Å². The van der Waals surface area contributed by atoms with E-state index in [0.29, 0.717) is 29.0 Å². The van der Waals surface area contributed by atoms with Crippen LogP contribution in [-0.4, -0.2) is 36.9 Å². The van der Waals surface area contributed by atoms with Gasteiger partial charge in [0, 0.05) is 42.7 Å². The number of carbonyl (C=O) groups is 1. The van der Waals surface area contributed by atoms with Crippen molar-refractivity contribution in [2.24, 2.45) is 11.8 Å². The minimum Gasteiger partial charge on any atom is -0.494 e. The van der Waals surface area contributed by atoms with E-state index in [2.05, 4.69) is 25.7 Å². The molecule has 5 nitrogen and oxygen atoms in total. The number of likely N-dealkylation sites (tertiary alicyclic amines) is 1. The Morgan fingerprint density at radius 1 is 1.09 bits per heavy atom. The summed E-state index contributed by atoms with van der Waals surface area (Å²) in [5.74, 6) is 3.07. The number of anilines is 1. The molecular weight excluding hydrogens is 424 g/mol. The third-order valence-corrected chi connectivity index (χ3v) is 6.72. The number of rotatable bonds is 10. The number of furan rings is 1. The molecule has 0 aliphatic carbocycles. The smallest absolute Gasteiger partial charge is 0.197 e. The molecule has 1 aliphatic rings. The van der Waals surface area contributed by atoms with E-state index in [1.54, 1.807) is 0 Å².